The summed E-state index contributed by atoms with van der Waals surface area (Å²) in [6, 6.07) is 10.7. The number of pyridine rings is 2. The predicted molar refractivity (Wildman–Crippen MR) is 110 cm³/mol. The van der Waals surface area contributed by atoms with Crippen LogP contribution in [-0.2, 0) is 9.84 Å². The molecule has 1 amide bonds. The van der Waals surface area contributed by atoms with E-state index in [0.29, 0.717) is 48.8 Å². The zero-order valence-electron chi connectivity index (χ0n) is 16.5. The number of piperidine rings is 1. The Bertz CT molecular complexity index is 1150. The molecule has 0 N–H and O–H groups in total. The molecular formula is C21H21N5O3S. The summed E-state index contributed by atoms with van der Waals surface area (Å²) in [6.07, 6.45) is 6.99. The van der Waals surface area contributed by atoms with Gasteiger partial charge in [0.15, 0.2) is 15.7 Å². The molecule has 3 aromatic heterocycles. The summed E-state index contributed by atoms with van der Waals surface area (Å²) < 4.78 is 24.7. The number of nitrogens with zero attached hydrogens (tertiary/aromatic N) is 5. The maximum atomic E-state index is 12.6. The van der Waals surface area contributed by atoms with Gasteiger partial charge in [0.1, 0.15) is 16.3 Å². The summed E-state index contributed by atoms with van der Waals surface area (Å²) >= 11 is 0. The number of carbonyl (C=O) groups is 1. The molecule has 0 unspecified atom stereocenters. The lowest BCUT2D eigenvalue weighted by atomic mass is 9.93. The number of carbonyl (C=O) groups excluding carboxylic acids is 1. The Balaban J connectivity index is 1.60. The minimum atomic E-state index is -3.49. The molecule has 3 aromatic rings. The molecule has 1 aliphatic rings. The van der Waals surface area contributed by atoms with E-state index in [4.69, 9.17) is 0 Å². The Morgan fingerprint density at radius 1 is 1.00 bits per heavy atom. The molecule has 8 nitrogen and oxygen atoms in total. The van der Waals surface area contributed by atoms with Crippen LogP contribution in [0.15, 0.2) is 59.9 Å². The van der Waals surface area contributed by atoms with Crippen LogP contribution in [0.1, 0.15) is 34.9 Å². The number of likely N-dealkylation sites (tertiary alicyclic amines) is 1. The number of amides is 1. The first kappa shape index (κ1) is 20.1. The van der Waals surface area contributed by atoms with Crippen molar-refractivity contribution < 1.29 is 13.2 Å². The summed E-state index contributed by atoms with van der Waals surface area (Å²) in [7, 11) is -3.49. The van der Waals surface area contributed by atoms with Crippen molar-refractivity contribution in [2.45, 2.75) is 23.7 Å². The highest BCUT2D eigenvalue weighted by Gasteiger charge is 2.30. The third-order valence-corrected chi connectivity index (χ3v) is 6.24. The number of rotatable bonds is 4. The van der Waals surface area contributed by atoms with Crippen molar-refractivity contribution in [3.05, 3.63) is 66.4 Å². The van der Waals surface area contributed by atoms with Gasteiger partial charge in [-0.15, -0.1) is 0 Å². The summed E-state index contributed by atoms with van der Waals surface area (Å²) in [5.74, 6) is 0.187. The van der Waals surface area contributed by atoms with Crippen LogP contribution in [0.5, 0.6) is 0 Å². The molecule has 154 valence electrons. The predicted octanol–water partition coefficient (Wildman–Crippen LogP) is 2.36. The average Bonchev–Trinajstić information content (AvgIpc) is 2.79. The van der Waals surface area contributed by atoms with Gasteiger partial charge in [-0.05, 0) is 37.1 Å². The third kappa shape index (κ3) is 4.20. The lowest BCUT2D eigenvalue weighted by Crippen LogP contribution is -2.38. The third-order valence-electron chi connectivity index (χ3n) is 5.13. The smallest absolute Gasteiger partial charge is 0.272 e. The van der Waals surface area contributed by atoms with Crippen molar-refractivity contribution in [3.63, 3.8) is 0 Å². The lowest BCUT2D eigenvalue weighted by Gasteiger charge is -2.32. The highest BCUT2D eigenvalue weighted by atomic mass is 32.2. The van der Waals surface area contributed by atoms with Gasteiger partial charge in [0.05, 0.1) is 5.69 Å². The van der Waals surface area contributed by atoms with Crippen LogP contribution in [0.25, 0.3) is 11.5 Å². The first-order chi connectivity index (χ1) is 14.4. The van der Waals surface area contributed by atoms with E-state index < -0.39 is 9.84 Å². The Labute approximate surface area is 175 Å². The molecule has 4 heterocycles. The molecule has 1 aliphatic heterocycles. The maximum absolute atomic E-state index is 12.6. The fraction of sp³-hybridized carbons (Fsp3) is 0.286. The van der Waals surface area contributed by atoms with Gasteiger partial charge in [0, 0.05) is 43.9 Å². The summed E-state index contributed by atoms with van der Waals surface area (Å²) in [5.41, 5.74) is 1.49. The first-order valence-corrected chi connectivity index (χ1v) is 11.5. The van der Waals surface area contributed by atoms with Crippen LogP contribution in [0.2, 0.25) is 0 Å². The van der Waals surface area contributed by atoms with Gasteiger partial charge in [-0.1, -0.05) is 12.1 Å². The van der Waals surface area contributed by atoms with E-state index in [0.717, 1.165) is 6.26 Å². The van der Waals surface area contributed by atoms with Crippen LogP contribution in [0.3, 0.4) is 0 Å². The zero-order valence-corrected chi connectivity index (χ0v) is 17.3. The second-order valence-corrected chi connectivity index (χ2v) is 9.20. The minimum Gasteiger partial charge on any atom is -0.337 e. The molecule has 4 rings (SSSR count). The molecule has 0 radical (unpaired) electrons. The van der Waals surface area contributed by atoms with E-state index in [-0.39, 0.29) is 16.7 Å². The van der Waals surface area contributed by atoms with Crippen LogP contribution < -0.4 is 0 Å². The molecule has 0 spiro atoms. The quantitative estimate of drug-likeness (QED) is 0.634. The van der Waals surface area contributed by atoms with E-state index in [1.807, 2.05) is 6.07 Å². The molecule has 9 heteroatoms. The van der Waals surface area contributed by atoms with Gasteiger partial charge in [-0.25, -0.2) is 18.4 Å². The van der Waals surface area contributed by atoms with Crippen LogP contribution in [0, 0.1) is 0 Å². The highest BCUT2D eigenvalue weighted by molar-refractivity contribution is 7.90. The number of aromatic nitrogens is 4. The molecule has 0 saturated carbocycles. The fourth-order valence-electron chi connectivity index (χ4n) is 3.59. The molecule has 1 fully saturated rings. The molecule has 0 aromatic carbocycles. The first-order valence-electron chi connectivity index (χ1n) is 9.62. The van der Waals surface area contributed by atoms with Crippen molar-refractivity contribution in [2.75, 3.05) is 19.3 Å². The van der Waals surface area contributed by atoms with Crippen molar-refractivity contribution >= 4 is 15.7 Å². The molecular weight excluding hydrogens is 402 g/mol. The van der Waals surface area contributed by atoms with Gasteiger partial charge in [0.25, 0.3) is 5.91 Å². The molecule has 30 heavy (non-hydrogen) atoms. The second-order valence-electron chi connectivity index (χ2n) is 7.21. The number of sulfone groups is 1. The summed E-state index contributed by atoms with van der Waals surface area (Å²) in [6.45, 7) is 1.01. The molecule has 1 saturated heterocycles. The largest absolute Gasteiger partial charge is 0.337 e. The van der Waals surface area contributed by atoms with Gasteiger partial charge < -0.3 is 4.90 Å². The Kier molecular flexibility index (Phi) is 5.54. The number of hydrogen-bond acceptors (Lipinski definition) is 7. The minimum absolute atomic E-state index is 0.0898. The molecule has 0 aliphatic carbocycles. The van der Waals surface area contributed by atoms with Crippen molar-refractivity contribution in [1.29, 1.82) is 0 Å². The van der Waals surface area contributed by atoms with E-state index in [9.17, 15) is 13.2 Å². The second kappa shape index (κ2) is 8.27. The Morgan fingerprint density at radius 3 is 2.30 bits per heavy atom. The SMILES string of the molecule is CS(=O)(=O)c1cnc(-c2ccccn2)nc1C1CCN(C(=O)c2ccccn2)CC1. The van der Waals surface area contributed by atoms with Crippen LogP contribution in [0.4, 0.5) is 0 Å². The van der Waals surface area contributed by atoms with Gasteiger partial charge >= 0.3 is 0 Å². The topological polar surface area (TPSA) is 106 Å². The molecule has 0 atom stereocenters. The van der Waals surface area contributed by atoms with Gasteiger partial charge in [-0.2, -0.15) is 0 Å². The normalized spacial score (nSPS) is 15.2. The standard InChI is InChI=1S/C21H21N5O3S/c1-30(28,29)18-14-24-20(16-6-2-4-10-22-16)25-19(18)15-8-12-26(13-9-15)21(27)17-7-3-5-11-23-17/h2-7,10-11,14-15H,8-9,12-13H2,1H3. The highest BCUT2D eigenvalue weighted by Crippen LogP contribution is 2.32. The van der Waals surface area contributed by atoms with E-state index in [1.54, 1.807) is 47.6 Å². The van der Waals surface area contributed by atoms with Crippen molar-refractivity contribution in [2.24, 2.45) is 0 Å². The Hall–Kier alpha value is -3.20. The van der Waals surface area contributed by atoms with Crippen molar-refractivity contribution in [3.8, 4) is 11.5 Å². The number of hydrogen-bond donors (Lipinski definition) is 0. The van der Waals surface area contributed by atoms with E-state index in [1.165, 1.54) is 6.20 Å². The van der Waals surface area contributed by atoms with Gasteiger partial charge in [-0.3, -0.25) is 14.8 Å². The van der Waals surface area contributed by atoms with Crippen LogP contribution in [-0.4, -0.2) is 58.5 Å². The monoisotopic (exact) mass is 423 g/mol. The fourth-order valence-corrected chi connectivity index (χ4v) is 4.42. The zero-order chi connectivity index (χ0) is 21.1. The van der Waals surface area contributed by atoms with Gasteiger partial charge in [0.2, 0.25) is 0 Å². The molecule has 0 bridgehead atoms. The van der Waals surface area contributed by atoms with Crippen molar-refractivity contribution in [1.82, 2.24) is 24.8 Å². The lowest BCUT2D eigenvalue weighted by molar-refractivity contribution is 0.0705. The Morgan fingerprint density at radius 2 is 1.70 bits per heavy atom. The van der Waals surface area contributed by atoms with Crippen LogP contribution >= 0.6 is 0 Å². The average molecular weight is 423 g/mol. The summed E-state index contributed by atoms with van der Waals surface area (Å²) in [4.78, 5) is 31.7. The maximum Gasteiger partial charge on any atom is 0.272 e. The van der Waals surface area contributed by atoms with E-state index >= 15 is 0 Å². The van der Waals surface area contributed by atoms with E-state index in [2.05, 4.69) is 19.9 Å². The summed E-state index contributed by atoms with van der Waals surface area (Å²) in [5, 5.41) is 0.